The second-order valence-corrected chi connectivity index (χ2v) is 6.01. The predicted octanol–water partition coefficient (Wildman–Crippen LogP) is 1.06. The fourth-order valence-corrected chi connectivity index (χ4v) is 2.54. The summed E-state index contributed by atoms with van der Waals surface area (Å²) in [5.41, 5.74) is 2.68. The third-order valence-corrected chi connectivity index (χ3v) is 3.77. The molecule has 2 aromatic rings. The van der Waals surface area contributed by atoms with Gasteiger partial charge in [0, 0.05) is 0 Å². The Bertz CT molecular complexity index is 721. The highest BCUT2D eigenvalue weighted by atomic mass is 32.2. The molecular weight excluding hydrogens is 334 g/mol. The molecule has 1 atom stereocenters. The zero-order valence-corrected chi connectivity index (χ0v) is 14.0. The van der Waals surface area contributed by atoms with Crippen LogP contribution < -0.4 is 16.1 Å². The Balaban J connectivity index is 2.08. The largest absolute Gasteiger partial charge is 0.327 e. The fraction of sp³-hybridized carbons (Fsp3) is 0.462. The minimum absolute atomic E-state index is 0.133. The van der Waals surface area contributed by atoms with Crippen LogP contribution in [0.3, 0.4) is 0 Å². The maximum Gasteiger partial charge on any atom is 0.327 e. The lowest BCUT2D eigenvalue weighted by Gasteiger charge is -2.13. The van der Waals surface area contributed by atoms with Crippen LogP contribution in [0.5, 0.6) is 0 Å². The summed E-state index contributed by atoms with van der Waals surface area (Å²) in [6.45, 7) is 3.84. The van der Waals surface area contributed by atoms with E-state index >= 15 is 0 Å². The number of imide groups is 1. The number of hydrogen-bond acceptors (Lipinski definition) is 8. The molecule has 2 heterocycles. The molecule has 3 amide bonds. The van der Waals surface area contributed by atoms with E-state index in [1.807, 2.05) is 19.3 Å². The highest BCUT2D eigenvalue weighted by molar-refractivity contribution is 7.99. The van der Waals surface area contributed by atoms with Gasteiger partial charge >= 0.3 is 6.03 Å². The van der Waals surface area contributed by atoms with Crippen LogP contribution in [-0.2, 0) is 4.79 Å². The number of aromatic nitrogens is 4. The lowest BCUT2D eigenvalue weighted by Crippen LogP contribution is -2.46. The van der Waals surface area contributed by atoms with E-state index in [1.54, 1.807) is 0 Å². The Labute approximate surface area is 142 Å². The van der Waals surface area contributed by atoms with Gasteiger partial charge in [-0.2, -0.15) is 5.48 Å². The minimum atomic E-state index is -0.865. The molecule has 2 aromatic heterocycles. The van der Waals surface area contributed by atoms with Gasteiger partial charge in [-0.25, -0.2) is 19.7 Å². The number of nitrogens with zero attached hydrogens (tertiary/aromatic N) is 3. The van der Waals surface area contributed by atoms with E-state index in [4.69, 9.17) is 5.21 Å². The standard InChI is InChI=1S/C13H18N7O3S/c1-3-5-7(20-23)11(21)19-12(22)17-9-8-10(15-6-14-9)18-13(16-8)24-4-2/h7,20,23H,3-5H2,1-2H3,(H3,14,15,16,17,18,19,21,22). The highest BCUT2D eigenvalue weighted by Crippen LogP contribution is 2.21. The van der Waals surface area contributed by atoms with Gasteiger partial charge in [0.15, 0.2) is 22.1 Å². The summed E-state index contributed by atoms with van der Waals surface area (Å²) in [6.07, 6.45) is 3.47. The number of H-pyrrole nitrogens is 1. The second-order valence-electron chi connectivity index (χ2n) is 4.76. The molecule has 0 aliphatic carbocycles. The normalized spacial score (nSPS) is 12.1. The van der Waals surface area contributed by atoms with Crippen LogP contribution in [0, 0.1) is 6.33 Å². The third kappa shape index (κ3) is 4.40. The quantitative estimate of drug-likeness (QED) is 0.367. The molecule has 0 saturated carbocycles. The van der Waals surface area contributed by atoms with Crippen LogP contribution in [0.1, 0.15) is 26.7 Å². The van der Waals surface area contributed by atoms with Gasteiger partial charge in [0.2, 0.25) is 12.2 Å². The summed E-state index contributed by atoms with van der Waals surface area (Å²) in [7, 11) is 0. The third-order valence-electron chi connectivity index (χ3n) is 3.01. The lowest BCUT2D eigenvalue weighted by atomic mass is 10.2. The number of amides is 3. The van der Waals surface area contributed by atoms with Gasteiger partial charge in [0.1, 0.15) is 6.04 Å². The molecule has 0 fully saturated rings. The van der Waals surface area contributed by atoms with E-state index in [9.17, 15) is 9.59 Å². The summed E-state index contributed by atoms with van der Waals surface area (Å²) in [5, 5.41) is 14.2. The molecule has 11 heteroatoms. The van der Waals surface area contributed by atoms with Gasteiger partial charge in [0.05, 0.1) is 0 Å². The number of urea groups is 1. The van der Waals surface area contributed by atoms with Crippen molar-refractivity contribution in [2.24, 2.45) is 0 Å². The molecule has 10 nitrogen and oxygen atoms in total. The van der Waals surface area contributed by atoms with Crippen LogP contribution >= 0.6 is 11.8 Å². The van der Waals surface area contributed by atoms with Crippen molar-refractivity contribution >= 4 is 40.7 Å². The maximum absolute atomic E-state index is 12.0. The van der Waals surface area contributed by atoms with Crippen molar-refractivity contribution in [3.8, 4) is 0 Å². The number of hydroxylamine groups is 1. The number of thioether (sulfide) groups is 1. The first-order chi connectivity index (χ1) is 11.6. The molecule has 129 valence electrons. The number of nitrogens with one attached hydrogen (secondary N) is 4. The molecule has 0 saturated heterocycles. The lowest BCUT2D eigenvalue weighted by molar-refractivity contribution is -0.124. The number of hydrogen-bond donors (Lipinski definition) is 5. The zero-order chi connectivity index (χ0) is 17.5. The maximum atomic E-state index is 12.0. The Morgan fingerprint density at radius 1 is 1.38 bits per heavy atom. The van der Waals surface area contributed by atoms with Gasteiger partial charge in [0.25, 0.3) is 0 Å². The van der Waals surface area contributed by atoms with Crippen molar-refractivity contribution in [2.45, 2.75) is 37.9 Å². The first-order valence-electron chi connectivity index (χ1n) is 7.37. The van der Waals surface area contributed by atoms with Crippen LogP contribution in [0.15, 0.2) is 5.16 Å². The smallest absolute Gasteiger partial charge is 0.317 e. The topological polar surface area (TPSA) is 145 Å². The van der Waals surface area contributed by atoms with Gasteiger partial charge in [-0.15, -0.1) is 0 Å². The highest BCUT2D eigenvalue weighted by Gasteiger charge is 2.20. The number of rotatable bonds is 7. The van der Waals surface area contributed by atoms with Crippen LogP contribution in [-0.4, -0.2) is 48.9 Å². The Hall–Kier alpha value is -2.24. The summed E-state index contributed by atoms with van der Waals surface area (Å²) in [4.78, 5) is 38.9. The predicted molar refractivity (Wildman–Crippen MR) is 87.7 cm³/mol. The van der Waals surface area contributed by atoms with Crippen molar-refractivity contribution in [1.29, 1.82) is 0 Å². The molecule has 1 radical (unpaired) electrons. The molecular formula is C13H18N7O3S. The monoisotopic (exact) mass is 352 g/mol. The molecule has 0 aliphatic rings. The summed E-state index contributed by atoms with van der Waals surface area (Å²) >= 11 is 1.48. The minimum Gasteiger partial charge on any atom is -0.317 e. The zero-order valence-electron chi connectivity index (χ0n) is 13.2. The van der Waals surface area contributed by atoms with E-state index in [0.717, 1.165) is 5.75 Å². The molecule has 1 unspecified atom stereocenters. The molecule has 24 heavy (non-hydrogen) atoms. The molecule has 0 aromatic carbocycles. The molecule has 0 bridgehead atoms. The summed E-state index contributed by atoms with van der Waals surface area (Å²) in [5.74, 6) is 0.311. The van der Waals surface area contributed by atoms with Crippen LogP contribution in [0.25, 0.3) is 11.2 Å². The Morgan fingerprint density at radius 2 is 2.17 bits per heavy atom. The first-order valence-corrected chi connectivity index (χ1v) is 8.35. The van der Waals surface area contributed by atoms with Crippen molar-refractivity contribution in [1.82, 2.24) is 30.7 Å². The number of fused-ring (bicyclic) bond motifs is 1. The van der Waals surface area contributed by atoms with Crippen molar-refractivity contribution in [3.63, 3.8) is 0 Å². The van der Waals surface area contributed by atoms with E-state index < -0.39 is 18.0 Å². The van der Waals surface area contributed by atoms with Gasteiger partial charge < -0.3 is 10.2 Å². The number of aromatic amines is 1. The second kappa shape index (κ2) is 8.57. The van der Waals surface area contributed by atoms with Gasteiger partial charge in [-0.05, 0) is 12.2 Å². The van der Waals surface area contributed by atoms with E-state index in [-0.39, 0.29) is 5.82 Å². The van der Waals surface area contributed by atoms with E-state index in [1.165, 1.54) is 11.8 Å². The van der Waals surface area contributed by atoms with Crippen molar-refractivity contribution in [2.75, 3.05) is 11.1 Å². The average molecular weight is 352 g/mol. The average Bonchev–Trinajstić information content (AvgIpc) is 2.96. The van der Waals surface area contributed by atoms with Gasteiger partial charge in [-0.1, -0.05) is 32.0 Å². The number of anilines is 1. The first kappa shape index (κ1) is 18.1. The number of carbonyl (C=O) groups excluding carboxylic acids is 2. The van der Waals surface area contributed by atoms with Crippen LogP contribution in [0.2, 0.25) is 0 Å². The molecule has 5 N–H and O–H groups in total. The summed E-state index contributed by atoms with van der Waals surface area (Å²) in [6, 6.07) is -1.65. The number of imidazole rings is 1. The van der Waals surface area contributed by atoms with Crippen molar-refractivity contribution in [3.05, 3.63) is 6.33 Å². The van der Waals surface area contributed by atoms with Crippen molar-refractivity contribution < 1.29 is 14.8 Å². The van der Waals surface area contributed by atoms with Crippen LogP contribution in [0.4, 0.5) is 10.6 Å². The SMILES string of the molecule is CCCC(NO)C(=O)NC(=O)Nc1n[c]nc2[nH]c(SCC)nc12. The molecule has 0 spiro atoms. The molecule has 0 aliphatic heterocycles. The van der Waals surface area contributed by atoms with E-state index in [0.29, 0.717) is 29.2 Å². The van der Waals surface area contributed by atoms with Gasteiger partial charge in [-0.3, -0.25) is 15.4 Å². The Morgan fingerprint density at radius 3 is 2.83 bits per heavy atom. The summed E-state index contributed by atoms with van der Waals surface area (Å²) < 4.78 is 0. The Kier molecular flexibility index (Phi) is 6.46. The fourth-order valence-electron chi connectivity index (χ4n) is 1.94. The number of carbonyl (C=O) groups is 2. The molecule has 2 rings (SSSR count). The van der Waals surface area contributed by atoms with E-state index in [2.05, 4.69) is 36.9 Å².